The van der Waals surface area contributed by atoms with Gasteiger partial charge < -0.3 is 14.8 Å². The van der Waals surface area contributed by atoms with Gasteiger partial charge in [-0.15, -0.1) is 17.5 Å². The van der Waals surface area contributed by atoms with Crippen molar-refractivity contribution in [1.29, 1.82) is 0 Å². The lowest BCUT2D eigenvalue weighted by Gasteiger charge is -2.13. The maximum atomic E-state index is 6.21. The molecule has 0 saturated carbocycles. The summed E-state index contributed by atoms with van der Waals surface area (Å²) in [5.41, 5.74) is 1.98. The zero-order valence-electron chi connectivity index (χ0n) is 17.2. The fourth-order valence-electron chi connectivity index (χ4n) is 2.67. The first kappa shape index (κ1) is 25.5. The van der Waals surface area contributed by atoms with Crippen molar-refractivity contribution in [2.75, 3.05) is 19.4 Å². The number of benzene rings is 2. The normalized spacial score (nSPS) is 10.6. The molecule has 2 aromatic carbocycles. The number of hydrogen-bond donors (Lipinski definition) is 1. The third kappa shape index (κ3) is 7.73. The van der Waals surface area contributed by atoms with Crippen molar-refractivity contribution in [1.82, 2.24) is 25.5 Å². The number of nitrogens with one attached hydrogen (secondary N) is 1. The number of nitrogens with zero attached hydrogens (tertiary/aromatic N) is 4. The van der Waals surface area contributed by atoms with Crippen LogP contribution in [-0.4, -0.2) is 39.6 Å². The van der Waals surface area contributed by atoms with Gasteiger partial charge in [0.2, 0.25) is 5.16 Å². The summed E-state index contributed by atoms with van der Waals surface area (Å²) in [4.78, 5) is 0. The summed E-state index contributed by atoms with van der Waals surface area (Å²) >= 11 is 13.8. The number of ether oxygens (including phenoxy) is 2. The van der Waals surface area contributed by atoms with Gasteiger partial charge in [-0.25, -0.2) is 4.68 Å². The Morgan fingerprint density at radius 1 is 1.13 bits per heavy atom. The molecule has 0 aliphatic heterocycles. The van der Waals surface area contributed by atoms with Crippen LogP contribution in [0.3, 0.4) is 0 Å². The highest BCUT2D eigenvalue weighted by Crippen LogP contribution is 2.30. The Kier molecular flexibility index (Phi) is 10.7. The molecule has 3 rings (SSSR count). The number of hydrogen-bond acceptors (Lipinski definition) is 7. The zero-order chi connectivity index (χ0) is 21.3. The molecular weight excluding hydrogens is 481 g/mol. The Labute approximate surface area is 202 Å². The largest absolute Gasteiger partial charge is 0.493 e. The summed E-state index contributed by atoms with van der Waals surface area (Å²) in [5, 5.41) is 16.9. The van der Waals surface area contributed by atoms with E-state index in [1.165, 1.54) is 0 Å². The first-order chi connectivity index (χ1) is 14.6. The van der Waals surface area contributed by atoms with E-state index in [1.54, 1.807) is 35.7 Å². The zero-order valence-corrected chi connectivity index (χ0v) is 20.3. The lowest BCUT2D eigenvalue weighted by atomic mass is 10.2. The van der Waals surface area contributed by atoms with Crippen molar-refractivity contribution in [3.8, 4) is 11.5 Å². The Bertz CT molecular complexity index is 974. The van der Waals surface area contributed by atoms with Crippen molar-refractivity contribution in [3.05, 3.63) is 57.6 Å². The minimum Gasteiger partial charge on any atom is -0.493 e. The standard InChI is InChI=1S/C20H23Cl2N5O2S.ClH/c1-27-20(24-25-26-27)30-9-3-8-23-12-14-4-7-18(19(10-14)28-2)29-13-15-5-6-16(21)11-17(15)22;/h4-7,10-11,23H,3,8-9,12-13H2,1-2H3;1H. The first-order valence-corrected chi connectivity index (χ1v) is 11.1. The molecule has 0 atom stereocenters. The van der Waals surface area contributed by atoms with Crippen LogP contribution < -0.4 is 14.8 Å². The third-order valence-electron chi connectivity index (χ3n) is 4.27. The van der Waals surface area contributed by atoms with Crippen molar-refractivity contribution in [3.63, 3.8) is 0 Å². The van der Waals surface area contributed by atoms with Crippen LogP contribution in [0.5, 0.6) is 11.5 Å². The SMILES string of the molecule is COc1cc(CNCCCSc2nnnn2C)ccc1OCc1ccc(Cl)cc1Cl.Cl. The molecule has 168 valence electrons. The first-order valence-electron chi connectivity index (χ1n) is 9.36. The molecule has 0 bridgehead atoms. The highest BCUT2D eigenvalue weighted by atomic mass is 35.5. The molecule has 0 unspecified atom stereocenters. The van der Waals surface area contributed by atoms with Gasteiger partial charge in [0.25, 0.3) is 0 Å². The number of rotatable bonds is 11. The van der Waals surface area contributed by atoms with Crippen LogP contribution >= 0.6 is 47.4 Å². The second kappa shape index (κ2) is 13.0. The summed E-state index contributed by atoms with van der Waals surface area (Å²) in [6.45, 7) is 1.98. The molecule has 0 saturated heterocycles. The van der Waals surface area contributed by atoms with E-state index in [2.05, 4.69) is 20.8 Å². The van der Waals surface area contributed by atoms with Crippen LogP contribution in [0, 0.1) is 0 Å². The van der Waals surface area contributed by atoms with Crippen molar-refractivity contribution in [2.24, 2.45) is 7.05 Å². The summed E-state index contributed by atoms with van der Waals surface area (Å²) in [6.07, 6.45) is 1.01. The predicted octanol–water partition coefficient (Wildman–Crippen LogP) is 4.80. The molecule has 0 amide bonds. The minimum atomic E-state index is 0. The number of thioether (sulfide) groups is 1. The van der Waals surface area contributed by atoms with E-state index in [0.29, 0.717) is 28.2 Å². The van der Waals surface area contributed by atoms with Gasteiger partial charge in [-0.3, -0.25) is 0 Å². The molecular formula is C20H24Cl3N5O2S. The Morgan fingerprint density at radius 2 is 1.97 bits per heavy atom. The van der Waals surface area contributed by atoms with E-state index in [9.17, 15) is 0 Å². The van der Waals surface area contributed by atoms with Crippen LogP contribution in [0.1, 0.15) is 17.5 Å². The fraction of sp³-hybridized carbons (Fsp3) is 0.350. The van der Waals surface area contributed by atoms with Gasteiger partial charge in [-0.1, -0.05) is 47.1 Å². The molecule has 1 aromatic heterocycles. The highest BCUT2D eigenvalue weighted by molar-refractivity contribution is 7.99. The fourth-order valence-corrected chi connectivity index (χ4v) is 3.92. The van der Waals surface area contributed by atoms with E-state index >= 15 is 0 Å². The molecule has 7 nitrogen and oxygen atoms in total. The molecule has 11 heteroatoms. The van der Waals surface area contributed by atoms with Crippen LogP contribution in [0.4, 0.5) is 0 Å². The van der Waals surface area contributed by atoms with E-state index in [0.717, 1.165) is 41.5 Å². The lowest BCUT2D eigenvalue weighted by molar-refractivity contribution is 0.284. The molecule has 31 heavy (non-hydrogen) atoms. The van der Waals surface area contributed by atoms with Gasteiger partial charge >= 0.3 is 0 Å². The van der Waals surface area contributed by atoms with Gasteiger partial charge in [0.05, 0.1) is 7.11 Å². The van der Waals surface area contributed by atoms with E-state index in [1.807, 2.05) is 31.3 Å². The Morgan fingerprint density at radius 3 is 2.68 bits per heavy atom. The van der Waals surface area contributed by atoms with E-state index in [-0.39, 0.29) is 12.4 Å². The molecule has 0 aliphatic carbocycles. The molecule has 0 aliphatic rings. The molecule has 0 spiro atoms. The van der Waals surface area contributed by atoms with Gasteiger partial charge in [-0.2, -0.15) is 0 Å². The summed E-state index contributed by atoms with van der Waals surface area (Å²) in [5.74, 6) is 2.30. The second-order valence-electron chi connectivity index (χ2n) is 6.47. The van der Waals surface area contributed by atoms with E-state index in [4.69, 9.17) is 32.7 Å². The molecule has 1 heterocycles. The maximum Gasteiger partial charge on any atom is 0.209 e. The Hall–Kier alpha value is -1.71. The van der Waals surface area contributed by atoms with Crippen LogP contribution in [0.2, 0.25) is 10.0 Å². The van der Waals surface area contributed by atoms with Crippen LogP contribution in [0.15, 0.2) is 41.6 Å². The average molecular weight is 505 g/mol. The summed E-state index contributed by atoms with van der Waals surface area (Å²) < 4.78 is 13.1. The molecule has 0 radical (unpaired) electrons. The molecule has 3 aromatic rings. The third-order valence-corrected chi connectivity index (χ3v) is 5.95. The average Bonchev–Trinajstić information content (AvgIpc) is 3.15. The van der Waals surface area contributed by atoms with Crippen LogP contribution in [-0.2, 0) is 20.2 Å². The predicted molar refractivity (Wildman–Crippen MR) is 127 cm³/mol. The monoisotopic (exact) mass is 503 g/mol. The topological polar surface area (TPSA) is 74.1 Å². The van der Waals surface area contributed by atoms with Crippen molar-refractivity contribution < 1.29 is 9.47 Å². The smallest absolute Gasteiger partial charge is 0.209 e. The number of tetrazole rings is 1. The van der Waals surface area contributed by atoms with Gasteiger partial charge in [0.15, 0.2) is 11.5 Å². The Balaban J connectivity index is 0.00000341. The minimum absolute atomic E-state index is 0. The number of methoxy groups -OCH3 is 1. The summed E-state index contributed by atoms with van der Waals surface area (Å²) in [6, 6.07) is 11.3. The summed E-state index contributed by atoms with van der Waals surface area (Å²) in [7, 11) is 3.47. The van der Waals surface area contributed by atoms with Crippen molar-refractivity contribution >= 4 is 47.4 Å². The highest BCUT2D eigenvalue weighted by Gasteiger charge is 2.08. The molecule has 1 N–H and O–H groups in total. The maximum absolute atomic E-state index is 6.21. The number of aryl methyl sites for hydroxylation is 1. The van der Waals surface area contributed by atoms with Crippen LogP contribution in [0.25, 0.3) is 0 Å². The van der Waals surface area contributed by atoms with Crippen molar-refractivity contribution in [2.45, 2.75) is 24.7 Å². The van der Waals surface area contributed by atoms with Gasteiger partial charge in [-0.05, 0) is 53.2 Å². The lowest BCUT2D eigenvalue weighted by Crippen LogP contribution is -2.15. The molecule has 0 fully saturated rings. The van der Waals surface area contributed by atoms with Gasteiger partial charge in [0, 0.05) is 35.0 Å². The number of aromatic nitrogens is 4. The van der Waals surface area contributed by atoms with Gasteiger partial charge in [0.1, 0.15) is 6.61 Å². The van der Waals surface area contributed by atoms with E-state index < -0.39 is 0 Å². The number of halogens is 3. The quantitative estimate of drug-likeness (QED) is 0.297. The second-order valence-corrected chi connectivity index (χ2v) is 8.38.